The average molecular weight is 391 g/mol. The van der Waals surface area contributed by atoms with E-state index in [4.69, 9.17) is 18.6 Å². The number of esters is 3. The highest BCUT2D eigenvalue weighted by Crippen LogP contribution is 2.50. The molecular formula is C20H25NO7. The van der Waals surface area contributed by atoms with Crippen LogP contribution in [0.1, 0.15) is 38.7 Å². The maximum atomic E-state index is 12.8. The summed E-state index contributed by atoms with van der Waals surface area (Å²) in [5.41, 5.74) is 0.513. The maximum Gasteiger partial charge on any atom is 0.336 e. The van der Waals surface area contributed by atoms with E-state index in [2.05, 4.69) is 0 Å². The topological polar surface area (TPSA) is 95.3 Å². The van der Waals surface area contributed by atoms with Gasteiger partial charge in [0.2, 0.25) is 0 Å². The molecular weight excluding hydrogens is 366 g/mol. The second-order valence-electron chi connectivity index (χ2n) is 7.13. The number of furan rings is 1. The molecule has 8 heteroatoms. The van der Waals surface area contributed by atoms with Gasteiger partial charge in [0.05, 0.1) is 50.5 Å². The predicted molar refractivity (Wildman–Crippen MR) is 97.7 cm³/mol. The maximum absolute atomic E-state index is 12.8. The molecule has 0 saturated carbocycles. The van der Waals surface area contributed by atoms with Crippen LogP contribution in [0.4, 0.5) is 0 Å². The summed E-state index contributed by atoms with van der Waals surface area (Å²) in [4.78, 5) is 39.7. The summed E-state index contributed by atoms with van der Waals surface area (Å²) in [6.45, 7) is 3.70. The van der Waals surface area contributed by atoms with Crippen molar-refractivity contribution in [2.75, 3.05) is 20.8 Å². The van der Waals surface area contributed by atoms with Gasteiger partial charge in [-0.05, 0) is 39.2 Å². The summed E-state index contributed by atoms with van der Waals surface area (Å²) >= 11 is 0. The van der Waals surface area contributed by atoms with Crippen molar-refractivity contribution in [2.45, 2.75) is 44.7 Å². The van der Waals surface area contributed by atoms with Crippen molar-refractivity contribution in [3.63, 3.8) is 0 Å². The Kier molecular flexibility index (Phi) is 5.49. The Bertz CT molecular complexity index is 797. The zero-order valence-corrected chi connectivity index (χ0v) is 16.5. The molecule has 2 aliphatic heterocycles. The van der Waals surface area contributed by atoms with Gasteiger partial charge in [0.15, 0.2) is 0 Å². The van der Waals surface area contributed by atoms with Crippen molar-refractivity contribution in [2.24, 2.45) is 5.92 Å². The molecule has 3 atom stereocenters. The fourth-order valence-electron chi connectivity index (χ4n) is 4.43. The number of ether oxygens (including phenoxy) is 3. The minimum atomic E-state index is -1.14. The van der Waals surface area contributed by atoms with E-state index in [0.717, 1.165) is 0 Å². The predicted octanol–water partition coefficient (Wildman–Crippen LogP) is 2.14. The van der Waals surface area contributed by atoms with Gasteiger partial charge in [0, 0.05) is 11.6 Å². The van der Waals surface area contributed by atoms with Gasteiger partial charge in [-0.2, -0.15) is 0 Å². The Morgan fingerprint density at radius 3 is 2.61 bits per heavy atom. The number of hydrogen-bond donors (Lipinski definition) is 0. The van der Waals surface area contributed by atoms with Crippen LogP contribution in [0.3, 0.4) is 0 Å². The van der Waals surface area contributed by atoms with Crippen LogP contribution in [0.25, 0.3) is 5.70 Å². The molecule has 8 nitrogen and oxygen atoms in total. The lowest BCUT2D eigenvalue weighted by Gasteiger charge is -2.43. The SMILES string of the molecule is CCOC(=O)C1=C(c2ccoc2)N2[C@@H](CC1)[C@@H](C(=O)OC)C[C@@]2(C)C(=O)OC. The van der Waals surface area contributed by atoms with Gasteiger partial charge in [-0.15, -0.1) is 0 Å². The fraction of sp³-hybridized carbons (Fsp3) is 0.550. The van der Waals surface area contributed by atoms with E-state index in [1.165, 1.54) is 26.7 Å². The highest BCUT2D eigenvalue weighted by atomic mass is 16.5. The molecule has 2 aliphatic rings. The quantitative estimate of drug-likeness (QED) is 0.557. The lowest BCUT2D eigenvalue weighted by molar-refractivity contribution is -0.151. The van der Waals surface area contributed by atoms with E-state index >= 15 is 0 Å². The van der Waals surface area contributed by atoms with Crippen molar-refractivity contribution < 1.29 is 33.0 Å². The Balaban J connectivity index is 2.20. The molecule has 3 heterocycles. The van der Waals surface area contributed by atoms with Crippen molar-refractivity contribution >= 4 is 23.6 Å². The number of carbonyl (C=O) groups excluding carboxylic acids is 3. The summed E-state index contributed by atoms with van der Waals surface area (Å²) in [5, 5.41) is 0. The van der Waals surface area contributed by atoms with Crippen LogP contribution in [0.15, 0.2) is 28.6 Å². The Morgan fingerprint density at radius 2 is 2.04 bits per heavy atom. The molecule has 0 radical (unpaired) electrons. The summed E-state index contributed by atoms with van der Waals surface area (Å²) in [7, 11) is 2.64. The summed E-state index contributed by atoms with van der Waals surface area (Å²) in [5.74, 6) is -1.81. The first-order valence-electron chi connectivity index (χ1n) is 9.27. The van der Waals surface area contributed by atoms with Crippen LogP contribution >= 0.6 is 0 Å². The standard InChI is InChI=1S/C20H25NO7/c1-5-28-18(23)13-6-7-15-14(17(22)25-3)10-20(2,19(24)26-4)21(15)16(13)12-8-9-27-11-12/h8-9,11,14-15H,5-7,10H2,1-4H3/t14-,15-,20-/m0/s1. The number of fused-ring (bicyclic) bond motifs is 1. The monoisotopic (exact) mass is 391 g/mol. The van der Waals surface area contributed by atoms with Crippen LogP contribution in [0.5, 0.6) is 0 Å². The molecule has 1 saturated heterocycles. The van der Waals surface area contributed by atoms with Crippen LogP contribution in [0, 0.1) is 5.92 Å². The second kappa shape index (κ2) is 7.69. The van der Waals surface area contributed by atoms with Gasteiger partial charge in [0.1, 0.15) is 5.54 Å². The van der Waals surface area contributed by atoms with E-state index < -0.39 is 23.4 Å². The molecule has 152 valence electrons. The lowest BCUT2D eigenvalue weighted by Crippen LogP contribution is -2.52. The second-order valence-corrected chi connectivity index (χ2v) is 7.13. The average Bonchev–Trinajstić information content (AvgIpc) is 3.33. The molecule has 1 fully saturated rings. The fourth-order valence-corrected chi connectivity index (χ4v) is 4.43. The molecule has 0 bridgehead atoms. The summed E-state index contributed by atoms with van der Waals surface area (Å²) < 4.78 is 20.5. The number of hydrogen-bond acceptors (Lipinski definition) is 8. The first-order chi connectivity index (χ1) is 13.4. The van der Waals surface area contributed by atoms with E-state index in [9.17, 15) is 14.4 Å². The minimum Gasteiger partial charge on any atom is -0.472 e. The zero-order valence-electron chi connectivity index (χ0n) is 16.5. The van der Waals surface area contributed by atoms with Crippen LogP contribution in [-0.4, -0.2) is 55.2 Å². The molecule has 1 aromatic rings. The number of nitrogens with zero attached hydrogens (tertiary/aromatic N) is 1. The highest BCUT2D eigenvalue weighted by Gasteiger charge is 2.59. The third kappa shape index (κ3) is 3.06. The molecule has 0 amide bonds. The van der Waals surface area contributed by atoms with Gasteiger partial charge >= 0.3 is 17.9 Å². The zero-order chi connectivity index (χ0) is 20.5. The first kappa shape index (κ1) is 20.0. The molecule has 0 aliphatic carbocycles. The molecule has 0 aromatic carbocycles. The normalized spacial score (nSPS) is 26.6. The van der Waals surface area contributed by atoms with E-state index in [0.29, 0.717) is 29.7 Å². The molecule has 3 rings (SSSR count). The molecule has 1 aromatic heterocycles. The molecule has 0 unspecified atom stereocenters. The summed E-state index contributed by atoms with van der Waals surface area (Å²) in [6, 6.07) is 1.42. The third-order valence-electron chi connectivity index (χ3n) is 5.61. The third-order valence-corrected chi connectivity index (χ3v) is 5.61. The van der Waals surface area contributed by atoms with E-state index in [1.54, 1.807) is 19.9 Å². The van der Waals surface area contributed by atoms with Crippen molar-refractivity contribution in [1.29, 1.82) is 0 Å². The van der Waals surface area contributed by atoms with Crippen LogP contribution < -0.4 is 0 Å². The van der Waals surface area contributed by atoms with Gasteiger partial charge in [0.25, 0.3) is 0 Å². The summed E-state index contributed by atoms with van der Waals surface area (Å²) in [6.07, 6.45) is 4.18. The minimum absolute atomic E-state index is 0.231. The van der Waals surface area contributed by atoms with Crippen LogP contribution in [0.2, 0.25) is 0 Å². The van der Waals surface area contributed by atoms with Crippen molar-refractivity contribution in [3.8, 4) is 0 Å². The Labute approximate surface area is 163 Å². The Hall–Kier alpha value is -2.77. The van der Waals surface area contributed by atoms with Crippen molar-refractivity contribution in [1.82, 2.24) is 4.90 Å². The largest absolute Gasteiger partial charge is 0.472 e. The number of methoxy groups -OCH3 is 2. The smallest absolute Gasteiger partial charge is 0.336 e. The first-order valence-corrected chi connectivity index (χ1v) is 9.27. The number of rotatable bonds is 5. The van der Waals surface area contributed by atoms with Crippen molar-refractivity contribution in [3.05, 3.63) is 29.7 Å². The van der Waals surface area contributed by atoms with E-state index in [-0.39, 0.29) is 25.0 Å². The highest BCUT2D eigenvalue weighted by molar-refractivity contribution is 5.99. The Morgan fingerprint density at radius 1 is 1.29 bits per heavy atom. The molecule has 0 spiro atoms. The molecule has 28 heavy (non-hydrogen) atoms. The van der Waals surface area contributed by atoms with Gasteiger partial charge in [-0.25, -0.2) is 9.59 Å². The van der Waals surface area contributed by atoms with E-state index in [1.807, 2.05) is 4.90 Å². The van der Waals surface area contributed by atoms with Gasteiger partial charge < -0.3 is 23.5 Å². The molecule has 0 N–H and O–H groups in total. The van der Waals surface area contributed by atoms with Crippen LogP contribution in [-0.2, 0) is 28.6 Å². The van der Waals surface area contributed by atoms with Gasteiger partial charge in [-0.3, -0.25) is 4.79 Å². The number of carbonyl (C=O) groups is 3. The van der Waals surface area contributed by atoms with Gasteiger partial charge in [-0.1, -0.05) is 0 Å². The lowest BCUT2D eigenvalue weighted by atomic mass is 9.89.